The Morgan fingerprint density at radius 1 is 1.64 bits per heavy atom. The van der Waals surface area contributed by atoms with Crippen molar-refractivity contribution >= 4 is 62.4 Å². The molecule has 5 heteroatoms. The van der Waals surface area contributed by atoms with Gasteiger partial charge in [-0.3, -0.25) is 0 Å². The summed E-state index contributed by atoms with van der Waals surface area (Å²) in [4.78, 5) is 1.03. The minimum absolute atomic E-state index is 0.591. The van der Waals surface area contributed by atoms with Crippen molar-refractivity contribution < 1.29 is 0 Å². The number of halogens is 2. The topological polar surface area (TPSA) is 24.1 Å². The summed E-state index contributed by atoms with van der Waals surface area (Å²) in [5.74, 6) is 0.698. The molecule has 2 N–H and O–H groups in total. The summed E-state index contributed by atoms with van der Waals surface area (Å²) in [5, 5.41) is 6.78. The molecule has 1 fully saturated rings. The number of rotatable bonds is 5. The monoisotopic (exact) mass is 438 g/mol. The van der Waals surface area contributed by atoms with Gasteiger partial charge >= 0.3 is 0 Å². The van der Waals surface area contributed by atoms with Gasteiger partial charge in [0.05, 0.1) is 9.04 Å². The van der Waals surface area contributed by atoms with Crippen LogP contribution in [0.25, 0.3) is 0 Å². The van der Waals surface area contributed by atoms with E-state index in [1.807, 2.05) is 0 Å². The Morgan fingerprint density at radius 2 is 2.36 bits per heavy atom. The molecule has 2 nitrogen and oxygen atoms in total. The summed E-state index contributed by atoms with van der Waals surface area (Å²) in [7, 11) is 0. The molecular weight excluding hydrogens is 422 g/mol. The van der Waals surface area contributed by atoms with Gasteiger partial charge in [-0.1, -0.05) is 64.3 Å². The lowest BCUT2D eigenvalue weighted by Crippen LogP contribution is -2.31. The molecule has 0 aromatic rings. The molecule has 0 aromatic carbocycles. The summed E-state index contributed by atoms with van der Waals surface area (Å²) in [6.07, 6.45) is 2.29. The molecule has 0 spiro atoms. The minimum atomic E-state index is 0.591. The average Bonchev–Trinajstić information content (AvgIpc) is 2.47. The van der Waals surface area contributed by atoms with Crippen molar-refractivity contribution in [2.45, 2.75) is 27.7 Å². The van der Waals surface area contributed by atoms with Gasteiger partial charge in [-0.15, -0.1) is 0 Å². The number of hydrogen-bond donors (Lipinski definition) is 2. The lowest BCUT2D eigenvalue weighted by atomic mass is 10.1. The van der Waals surface area contributed by atoms with Crippen LogP contribution in [0, 0.1) is 5.92 Å². The van der Waals surface area contributed by atoms with E-state index in [4.69, 9.17) is 12.2 Å². The Hall–Kier alpha value is 1.31. The van der Waals surface area contributed by atoms with E-state index in [9.17, 15) is 0 Å². The molecule has 1 aliphatic rings. The summed E-state index contributed by atoms with van der Waals surface area (Å²) in [6.45, 7) is 4.39. The van der Waals surface area contributed by atoms with Crippen molar-refractivity contribution in [1.29, 1.82) is 0 Å². The second kappa shape index (κ2) is 6.80. The molecule has 1 heterocycles. The minimum Gasteiger partial charge on any atom is -0.379 e. The van der Waals surface area contributed by atoms with E-state index in [1.54, 1.807) is 0 Å². The Balaban J connectivity index is 2.11. The molecule has 0 radical (unpaired) electrons. The predicted molar refractivity (Wildman–Crippen MR) is 82.6 cm³/mol. The Bertz CT molecular complexity index is 199. The van der Waals surface area contributed by atoms with Crippen molar-refractivity contribution in [3.63, 3.8) is 0 Å². The van der Waals surface area contributed by atoms with Crippen LogP contribution in [-0.2, 0) is 0 Å². The van der Waals surface area contributed by atoms with Gasteiger partial charge in [0.1, 0.15) is 0 Å². The normalized spacial score (nSPS) is 25.9. The zero-order chi connectivity index (χ0) is 10.6. The van der Waals surface area contributed by atoms with E-state index in [2.05, 4.69) is 62.7 Å². The molecule has 1 saturated heterocycles. The number of alkyl halides is 2. The molecule has 0 amide bonds. The van der Waals surface area contributed by atoms with E-state index in [-0.39, 0.29) is 0 Å². The predicted octanol–water partition coefficient (Wildman–Crippen LogP) is 2.49. The third-order valence-corrected chi connectivity index (χ3v) is 3.99. The van der Waals surface area contributed by atoms with Crippen LogP contribution in [0.15, 0.2) is 0 Å². The molecule has 0 aliphatic carbocycles. The van der Waals surface area contributed by atoms with Crippen LogP contribution < -0.4 is 10.6 Å². The number of nitrogens with one attached hydrogen (secondary N) is 2. The first kappa shape index (κ1) is 13.4. The van der Waals surface area contributed by atoms with E-state index in [0.29, 0.717) is 9.97 Å². The van der Waals surface area contributed by atoms with E-state index in [1.165, 1.54) is 6.42 Å². The van der Waals surface area contributed by atoms with Crippen LogP contribution in [0.1, 0.15) is 19.8 Å². The molecule has 1 aliphatic heterocycles. The molecule has 0 saturated carbocycles. The Morgan fingerprint density at radius 3 is 2.86 bits per heavy atom. The van der Waals surface area contributed by atoms with Crippen molar-refractivity contribution in [3.05, 3.63) is 0 Å². The van der Waals surface area contributed by atoms with Crippen LogP contribution in [-0.4, -0.2) is 26.1 Å². The first-order valence-corrected chi connectivity index (χ1v) is 7.76. The third-order valence-electron chi connectivity index (χ3n) is 2.22. The highest BCUT2D eigenvalue weighted by Crippen LogP contribution is 2.14. The molecular formula is C9H16I2N2S. The summed E-state index contributed by atoms with van der Waals surface area (Å²) in [5.41, 5.74) is 0. The van der Waals surface area contributed by atoms with E-state index in [0.717, 1.165) is 28.4 Å². The van der Waals surface area contributed by atoms with Gasteiger partial charge in [-0.25, -0.2) is 0 Å². The Labute approximate surface area is 119 Å². The van der Waals surface area contributed by atoms with Gasteiger partial charge in [0, 0.05) is 23.4 Å². The maximum absolute atomic E-state index is 5.10. The second-order valence-electron chi connectivity index (χ2n) is 3.77. The SMILES string of the molecule is CC(I)CC(I)NCC1CNC(=S)C1. The van der Waals surface area contributed by atoms with Crippen LogP contribution in [0.4, 0.5) is 0 Å². The fourth-order valence-corrected chi connectivity index (χ4v) is 4.29. The number of hydrogen-bond acceptors (Lipinski definition) is 2. The van der Waals surface area contributed by atoms with Crippen molar-refractivity contribution in [3.8, 4) is 0 Å². The number of thiocarbonyl (C=S) groups is 1. The maximum Gasteiger partial charge on any atom is 0.0757 e. The van der Waals surface area contributed by atoms with Crippen molar-refractivity contribution in [2.75, 3.05) is 13.1 Å². The summed E-state index contributed by atoms with van der Waals surface area (Å²) < 4.78 is 1.33. The van der Waals surface area contributed by atoms with Crippen LogP contribution >= 0.6 is 57.4 Å². The van der Waals surface area contributed by atoms with E-state index < -0.39 is 0 Å². The smallest absolute Gasteiger partial charge is 0.0757 e. The molecule has 3 atom stereocenters. The van der Waals surface area contributed by atoms with Gasteiger partial charge in [-0.2, -0.15) is 0 Å². The van der Waals surface area contributed by atoms with Gasteiger partial charge < -0.3 is 10.6 Å². The summed E-state index contributed by atoms with van der Waals surface area (Å²) >= 11 is 10.1. The van der Waals surface area contributed by atoms with Gasteiger partial charge in [0.25, 0.3) is 0 Å². The zero-order valence-electron chi connectivity index (χ0n) is 8.22. The zero-order valence-corrected chi connectivity index (χ0v) is 13.4. The first-order valence-electron chi connectivity index (χ1n) is 4.86. The fraction of sp³-hybridized carbons (Fsp3) is 0.889. The fourth-order valence-electron chi connectivity index (χ4n) is 1.47. The molecule has 1 rings (SSSR count). The molecule has 14 heavy (non-hydrogen) atoms. The molecule has 3 unspecified atom stereocenters. The highest BCUT2D eigenvalue weighted by molar-refractivity contribution is 14.1. The third kappa shape index (κ3) is 5.41. The van der Waals surface area contributed by atoms with Crippen LogP contribution in [0.3, 0.4) is 0 Å². The van der Waals surface area contributed by atoms with Crippen molar-refractivity contribution in [1.82, 2.24) is 10.6 Å². The second-order valence-corrected chi connectivity index (χ2v) is 7.89. The van der Waals surface area contributed by atoms with Crippen LogP contribution in [0.5, 0.6) is 0 Å². The largest absolute Gasteiger partial charge is 0.379 e. The lowest BCUT2D eigenvalue weighted by Gasteiger charge is -2.16. The van der Waals surface area contributed by atoms with Crippen molar-refractivity contribution in [2.24, 2.45) is 5.92 Å². The Kier molecular flexibility index (Phi) is 6.50. The highest BCUT2D eigenvalue weighted by Gasteiger charge is 2.19. The van der Waals surface area contributed by atoms with Gasteiger partial charge in [0.15, 0.2) is 0 Å². The standard InChI is InChI=1S/C9H16I2N2S/c1-6(10)2-8(11)12-4-7-3-9(14)13-5-7/h6-8,12H,2-5H2,1H3,(H,13,14). The van der Waals surface area contributed by atoms with E-state index >= 15 is 0 Å². The van der Waals surface area contributed by atoms with Gasteiger partial charge in [-0.05, 0) is 12.3 Å². The highest BCUT2D eigenvalue weighted by atomic mass is 127. The molecule has 82 valence electrons. The average molecular weight is 438 g/mol. The molecule has 0 aromatic heterocycles. The summed E-state index contributed by atoms with van der Waals surface area (Å²) in [6, 6.07) is 0. The maximum atomic E-state index is 5.10. The first-order chi connectivity index (χ1) is 6.58. The lowest BCUT2D eigenvalue weighted by molar-refractivity contribution is 0.504. The van der Waals surface area contributed by atoms with Gasteiger partial charge in [0.2, 0.25) is 0 Å². The quantitative estimate of drug-likeness (QED) is 0.299. The van der Waals surface area contributed by atoms with Crippen LogP contribution in [0.2, 0.25) is 0 Å². The molecule has 0 bridgehead atoms.